The Hall–Kier alpha value is -2.50. The Kier molecular flexibility index (Phi) is 3.51. The van der Waals surface area contributed by atoms with Crippen LogP contribution in [-0.4, -0.2) is 22.3 Å². The van der Waals surface area contributed by atoms with Gasteiger partial charge in [0.1, 0.15) is 5.75 Å². The zero-order valence-corrected chi connectivity index (χ0v) is 12.1. The van der Waals surface area contributed by atoms with Crippen molar-refractivity contribution in [2.24, 2.45) is 0 Å². The van der Waals surface area contributed by atoms with Gasteiger partial charge in [-0.15, -0.1) is 0 Å². The third-order valence-electron chi connectivity index (χ3n) is 3.47. The predicted octanol–water partition coefficient (Wildman–Crippen LogP) is 2.41. The van der Waals surface area contributed by atoms with E-state index in [9.17, 15) is 4.79 Å². The van der Waals surface area contributed by atoms with Gasteiger partial charge in [-0.1, -0.05) is 0 Å². The Morgan fingerprint density at radius 1 is 1.52 bits per heavy atom. The highest BCUT2D eigenvalue weighted by atomic mass is 16.5. The Labute approximate surface area is 123 Å². The molecule has 0 aliphatic carbocycles. The molecule has 2 N–H and O–H groups in total. The Morgan fingerprint density at radius 2 is 2.38 bits per heavy atom. The first-order valence-corrected chi connectivity index (χ1v) is 7.01. The van der Waals surface area contributed by atoms with Crippen molar-refractivity contribution in [3.8, 4) is 5.75 Å². The van der Waals surface area contributed by atoms with Gasteiger partial charge in [0, 0.05) is 24.0 Å². The molecule has 110 valence electrons. The van der Waals surface area contributed by atoms with Gasteiger partial charge in [0.05, 0.1) is 17.9 Å². The largest absolute Gasteiger partial charge is 0.482 e. The molecule has 6 heteroatoms. The normalized spacial score (nSPS) is 14.9. The number of fused-ring (bicyclic) bond motifs is 1. The van der Waals surface area contributed by atoms with Gasteiger partial charge in [0.25, 0.3) is 5.91 Å². The number of hydrogen-bond acceptors (Lipinski definition) is 4. The first-order chi connectivity index (χ1) is 10.2. The standard InChI is InChI=1S/C15H18N4O2/c1-3-19-8-11(7-16-19)10(2)17-12-4-5-14-13(6-12)18-15(20)9-21-14/h4-8,10,17H,3,9H2,1-2H3,(H,18,20). The number of aryl methyl sites for hydroxylation is 1. The lowest BCUT2D eigenvalue weighted by Gasteiger charge is -2.20. The van der Waals surface area contributed by atoms with Crippen LogP contribution in [0.2, 0.25) is 0 Å². The third kappa shape index (κ3) is 2.84. The van der Waals surface area contributed by atoms with Crippen molar-refractivity contribution in [1.82, 2.24) is 9.78 Å². The molecule has 0 bridgehead atoms. The van der Waals surface area contributed by atoms with Gasteiger partial charge in [-0.3, -0.25) is 9.48 Å². The van der Waals surface area contributed by atoms with E-state index in [0.717, 1.165) is 17.8 Å². The first-order valence-electron chi connectivity index (χ1n) is 7.01. The minimum atomic E-state index is -0.128. The quantitative estimate of drug-likeness (QED) is 0.905. The van der Waals surface area contributed by atoms with Crippen LogP contribution in [0, 0.1) is 0 Å². The van der Waals surface area contributed by atoms with E-state index >= 15 is 0 Å². The van der Waals surface area contributed by atoms with Crippen LogP contribution in [-0.2, 0) is 11.3 Å². The molecule has 0 saturated heterocycles. The number of carbonyl (C=O) groups excluding carboxylic acids is 1. The second-order valence-electron chi connectivity index (χ2n) is 5.04. The summed E-state index contributed by atoms with van der Waals surface area (Å²) in [5.41, 5.74) is 2.75. The van der Waals surface area contributed by atoms with Gasteiger partial charge >= 0.3 is 0 Å². The average Bonchev–Trinajstić information content (AvgIpc) is 2.96. The molecule has 1 aromatic heterocycles. The molecule has 0 saturated carbocycles. The van der Waals surface area contributed by atoms with Gasteiger partial charge in [0.2, 0.25) is 0 Å². The number of anilines is 2. The van der Waals surface area contributed by atoms with E-state index in [0.29, 0.717) is 11.4 Å². The fraction of sp³-hybridized carbons (Fsp3) is 0.333. The summed E-state index contributed by atoms with van der Waals surface area (Å²) < 4.78 is 7.24. The molecule has 0 radical (unpaired) electrons. The van der Waals surface area contributed by atoms with Gasteiger partial charge in [-0.25, -0.2) is 0 Å². The van der Waals surface area contributed by atoms with Crippen molar-refractivity contribution in [3.05, 3.63) is 36.2 Å². The van der Waals surface area contributed by atoms with Crippen LogP contribution < -0.4 is 15.4 Å². The molecule has 1 atom stereocenters. The highest BCUT2D eigenvalue weighted by Gasteiger charge is 2.16. The lowest BCUT2D eigenvalue weighted by Crippen LogP contribution is -2.25. The Bertz CT molecular complexity index is 665. The minimum absolute atomic E-state index is 0.0758. The highest BCUT2D eigenvalue weighted by molar-refractivity contribution is 5.96. The lowest BCUT2D eigenvalue weighted by molar-refractivity contribution is -0.118. The molecule has 3 rings (SSSR count). The van der Waals surface area contributed by atoms with E-state index in [2.05, 4.69) is 29.6 Å². The van der Waals surface area contributed by atoms with Crippen molar-refractivity contribution in [3.63, 3.8) is 0 Å². The minimum Gasteiger partial charge on any atom is -0.482 e. The molecule has 0 fully saturated rings. The number of carbonyl (C=O) groups is 1. The van der Waals surface area contributed by atoms with Crippen molar-refractivity contribution in [1.29, 1.82) is 0 Å². The van der Waals surface area contributed by atoms with Crippen LogP contribution in [0.15, 0.2) is 30.6 Å². The van der Waals surface area contributed by atoms with Gasteiger partial charge in [0.15, 0.2) is 6.61 Å². The van der Waals surface area contributed by atoms with E-state index in [1.165, 1.54) is 0 Å². The maximum Gasteiger partial charge on any atom is 0.262 e. The lowest BCUT2D eigenvalue weighted by atomic mass is 10.1. The summed E-state index contributed by atoms with van der Waals surface area (Å²) in [6.07, 6.45) is 3.89. The number of hydrogen-bond donors (Lipinski definition) is 2. The number of aromatic nitrogens is 2. The van der Waals surface area contributed by atoms with E-state index in [4.69, 9.17) is 4.74 Å². The van der Waals surface area contributed by atoms with Crippen molar-refractivity contribution >= 4 is 17.3 Å². The van der Waals surface area contributed by atoms with Gasteiger partial charge < -0.3 is 15.4 Å². The molecule has 6 nitrogen and oxygen atoms in total. The van der Waals surface area contributed by atoms with Crippen LogP contribution >= 0.6 is 0 Å². The van der Waals surface area contributed by atoms with Crippen molar-refractivity contribution in [2.45, 2.75) is 26.4 Å². The number of nitrogens with one attached hydrogen (secondary N) is 2. The topological polar surface area (TPSA) is 68.2 Å². The van der Waals surface area contributed by atoms with Crippen molar-refractivity contribution in [2.75, 3.05) is 17.2 Å². The number of benzene rings is 1. The molecule has 1 amide bonds. The average molecular weight is 286 g/mol. The van der Waals surface area contributed by atoms with Gasteiger partial charge in [-0.05, 0) is 32.0 Å². The van der Waals surface area contributed by atoms with Gasteiger partial charge in [-0.2, -0.15) is 5.10 Å². The monoisotopic (exact) mass is 286 g/mol. The summed E-state index contributed by atoms with van der Waals surface area (Å²) in [6, 6.07) is 5.81. The van der Waals surface area contributed by atoms with E-state index < -0.39 is 0 Å². The zero-order chi connectivity index (χ0) is 14.8. The maximum atomic E-state index is 11.3. The molecule has 1 aromatic carbocycles. The number of ether oxygens (including phenoxy) is 1. The van der Waals surface area contributed by atoms with Crippen LogP contribution in [0.4, 0.5) is 11.4 Å². The van der Waals surface area contributed by atoms with Crippen LogP contribution in [0.1, 0.15) is 25.5 Å². The molecular weight excluding hydrogens is 268 g/mol. The second-order valence-corrected chi connectivity index (χ2v) is 5.04. The zero-order valence-electron chi connectivity index (χ0n) is 12.1. The first kappa shape index (κ1) is 13.5. The third-order valence-corrected chi connectivity index (χ3v) is 3.47. The SMILES string of the molecule is CCn1cc(C(C)Nc2ccc3c(c2)NC(=O)CO3)cn1. The van der Waals surface area contributed by atoms with Crippen molar-refractivity contribution < 1.29 is 9.53 Å². The summed E-state index contributed by atoms with van der Waals surface area (Å²) in [7, 11) is 0. The predicted molar refractivity (Wildman–Crippen MR) is 80.5 cm³/mol. The summed E-state index contributed by atoms with van der Waals surface area (Å²) in [4.78, 5) is 11.3. The summed E-state index contributed by atoms with van der Waals surface area (Å²) in [5.74, 6) is 0.573. The second kappa shape index (κ2) is 5.47. The van der Waals surface area contributed by atoms with Crippen LogP contribution in [0.3, 0.4) is 0 Å². The molecule has 1 aliphatic rings. The number of amides is 1. The Morgan fingerprint density at radius 3 is 3.14 bits per heavy atom. The van der Waals surface area contributed by atoms with E-state index in [1.54, 1.807) is 0 Å². The Balaban J connectivity index is 1.75. The molecule has 21 heavy (non-hydrogen) atoms. The number of rotatable bonds is 4. The van der Waals surface area contributed by atoms with Crippen LogP contribution in [0.25, 0.3) is 0 Å². The molecule has 1 aliphatic heterocycles. The molecule has 1 unspecified atom stereocenters. The molecular formula is C15H18N4O2. The molecule has 2 heterocycles. The molecule has 2 aromatic rings. The highest BCUT2D eigenvalue weighted by Crippen LogP contribution is 2.31. The summed E-state index contributed by atoms with van der Waals surface area (Å²) in [5, 5.41) is 10.5. The fourth-order valence-corrected chi connectivity index (χ4v) is 2.28. The smallest absolute Gasteiger partial charge is 0.262 e. The van der Waals surface area contributed by atoms with Crippen LogP contribution in [0.5, 0.6) is 5.75 Å². The number of nitrogens with zero attached hydrogens (tertiary/aromatic N) is 2. The molecule has 0 spiro atoms. The fourth-order valence-electron chi connectivity index (χ4n) is 2.28. The summed E-state index contributed by atoms with van der Waals surface area (Å²) >= 11 is 0. The summed E-state index contributed by atoms with van der Waals surface area (Å²) in [6.45, 7) is 5.06. The maximum absolute atomic E-state index is 11.3. The van der Waals surface area contributed by atoms with E-state index in [1.807, 2.05) is 35.3 Å². The van der Waals surface area contributed by atoms with E-state index in [-0.39, 0.29) is 18.6 Å².